The summed E-state index contributed by atoms with van der Waals surface area (Å²) in [5.41, 5.74) is 4.53. The highest BCUT2D eigenvalue weighted by Crippen LogP contribution is 2.26. The summed E-state index contributed by atoms with van der Waals surface area (Å²) in [6.07, 6.45) is 9.79. The van der Waals surface area contributed by atoms with Gasteiger partial charge in [0.2, 0.25) is 5.91 Å². The Labute approximate surface area is 145 Å². The average Bonchev–Trinajstić information content (AvgIpc) is 2.63. The SMILES string of the molecule is Cc1ccc(CN2C=NC3C=C(/C=C/C(=O)NO)C=CC3C2=O)cc1. The first-order chi connectivity index (χ1) is 12.1. The minimum atomic E-state index is -0.607. The molecule has 3 rings (SSSR count). The fourth-order valence-corrected chi connectivity index (χ4v) is 2.78. The summed E-state index contributed by atoms with van der Waals surface area (Å²) < 4.78 is 0. The predicted molar refractivity (Wildman–Crippen MR) is 93.8 cm³/mol. The molecular formula is C19H19N3O3. The maximum absolute atomic E-state index is 12.7. The Hall–Kier alpha value is -2.99. The van der Waals surface area contributed by atoms with Crippen molar-refractivity contribution in [3.8, 4) is 0 Å². The molecule has 0 saturated carbocycles. The van der Waals surface area contributed by atoms with Gasteiger partial charge in [0.25, 0.3) is 5.91 Å². The van der Waals surface area contributed by atoms with Gasteiger partial charge < -0.3 is 0 Å². The van der Waals surface area contributed by atoms with Gasteiger partial charge in [0.15, 0.2) is 0 Å². The lowest BCUT2D eigenvalue weighted by Gasteiger charge is -2.31. The van der Waals surface area contributed by atoms with E-state index < -0.39 is 5.91 Å². The highest BCUT2D eigenvalue weighted by molar-refractivity contribution is 5.94. The van der Waals surface area contributed by atoms with E-state index in [-0.39, 0.29) is 17.9 Å². The van der Waals surface area contributed by atoms with Crippen LogP contribution in [0.3, 0.4) is 0 Å². The third-order valence-electron chi connectivity index (χ3n) is 4.18. The summed E-state index contributed by atoms with van der Waals surface area (Å²) in [6, 6.07) is 7.79. The van der Waals surface area contributed by atoms with Gasteiger partial charge in [-0.25, -0.2) is 5.48 Å². The molecule has 0 radical (unpaired) electrons. The number of benzene rings is 1. The third kappa shape index (κ3) is 3.92. The van der Waals surface area contributed by atoms with Crippen LogP contribution in [0.2, 0.25) is 0 Å². The van der Waals surface area contributed by atoms with Gasteiger partial charge in [-0.1, -0.05) is 48.1 Å². The van der Waals surface area contributed by atoms with Gasteiger partial charge in [0.05, 0.1) is 24.8 Å². The van der Waals surface area contributed by atoms with Crippen molar-refractivity contribution in [3.05, 3.63) is 71.3 Å². The third-order valence-corrected chi connectivity index (χ3v) is 4.18. The molecule has 6 heteroatoms. The summed E-state index contributed by atoms with van der Waals surface area (Å²) in [7, 11) is 0. The Bertz CT molecular complexity index is 791. The van der Waals surface area contributed by atoms with Crippen molar-refractivity contribution >= 4 is 18.2 Å². The molecule has 0 bridgehead atoms. The van der Waals surface area contributed by atoms with E-state index in [1.165, 1.54) is 17.1 Å². The van der Waals surface area contributed by atoms with E-state index in [1.807, 2.05) is 43.3 Å². The zero-order chi connectivity index (χ0) is 17.8. The molecule has 1 aliphatic heterocycles. The highest BCUT2D eigenvalue weighted by atomic mass is 16.5. The van der Waals surface area contributed by atoms with Crippen molar-refractivity contribution in [1.82, 2.24) is 10.4 Å². The van der Waals surface area contributed by atoms with E-state index in [2.05, 4.69) is 4.99 Å². The van der Waals surface area contributed by atoms with Crippen LogP contribution in [0.5, 0.6) is 0 Å². The Balaban J connectivity index is 1.72. The number of nitrogens with one attached hydrogen (secondary N) is 1. The molecule has 25 heavy (non-hydrogen) atoms. The molecule has 2 unspecified atom stereocenters. The Kier molecular flexibility index (Phi) is 4.90. The monoisotopic (exact) mass is 337 g/mol. The van der Waals surface area contributed by atoms with Gasteiger partial charge in [-0.05, 0) is 24.1 Å². The number of rotatable bonds is 4. The van der Waals surface area contributed by atoms with Crippen molar-refractivity contribution in [2.75, 3.05) is 0 Å². The van der Waals surface area contributed by atoms with Crippen LogP contribution < -0.4 is 5.48 Å². The van der Waals surface area contributed by atoms with Gasteiger partial charge >= 0.3 is 0 Å². The molecule has 2 aliphatic rings. The molecule has 1 aromatic rings. The van der Waals surface area contributed by atoms with Crippen molar-refractivity contribution in [1.29, 1.82) is 0 Å². The molecule has 2 atom stereocenters. The Morgan fingerprint density at radius 1 is 1.36 bits per heavy atom. The number of aliphatic imine (C=N–C) groups is 1. The molecule has 0 spiro atoms. The van der Waals surface area contributed by atoms with Gasteiger partial charge in [-0.2, -0.15) is 0 Å². The largest absolute Gasteiger partial charge is 0.298 e. The number of hydrogen-bond donors (Lipinski definition) is 2. The lowest BCUT2D eigenvalue weighted by atomic mass is 9.89. The number of carbonyl (C=O) groups excluding carboxylic acids is 2. The smallest absolute Gasteiger partial charge is 0.267 e. The second-order valence-electron chi connectivity index (χ2n) is 6.07. The van der Waals surface area contributed by atoms with E-state index in [0.29, 0.717) is 6.54 Å². The molecule has 0 fully saturated rings. The lowest BCUT2D eigenvalue weighted by molar-refractivity contribution is -0.131. The zero-order valence-electron chi connectivity index (χ0n) is 13.8. The minimum Gasteiger partial charge on any atom is -0.298 e. The molecule has 2 N–H and O–H groups in total. The van der Waals surface area contributed by atoms with Crippen LogP contribution in [0.4, 0.5) is 0 Å². The molecular weight excluding hydrogens is 318 g/mol. The minimum absolute atomic E-state index is 0.00389. The van der Waals surface area contributed by atoms with E-state index in [4.69, 9.17) is 5.21 Å². The zero-order valence-corrected chi connectivity index (χ0v) is 13.8. The first kappa shape index (κ1) is 16.9. The van der Waals surface area contributed by atoms with Gasteiger partial charge in [0, 0.05) is 6.08 Å². The highest BCUT2D eigenvalue weighted by Gasteiger charge is 2.33. The lowest BCUT2D eigenvalue weighted by Crippen LogP contribution is -2.43. The van der Waals surface area contributed by atoms with Crippen LogP contribution in [-0.2, 0) is 16.1 Å². The molecule has 128 valence electrons. The molecule has 6 nitrogen and oxygen atoms in total. The number of nitrogens with zero attached hydrogens (tertiary/aromatic N) is 2. The predicted octanol–water partition coefficient (Wildman–Crippen LogP) is 1.91. The van der Waals surface area contributed by atoms with Crippen LogP contribution in [-0.4, -0.2) is 34.3 Å². The first-order valence-electron chi connectivity index (χ1n) is 7.98. The second-order valence-corrected chi connectivity index (χ2v) is 6.07. The summed E-state index contributed by atoms with van der Waals surface area (Å²) in [5, 5.41) is 8.49. The standard InChI is InChI=1S/C19H19N3O3/c1-13-2-4-15(5-3-13)11-22-12-20-17-10-14(7-9-18(23)21-25)6-8-16(17)19(22)24/h2-10,12,16-17,25H,11H2,1H3,(H,21,23)/b9-7+. The summed E-state index contributed by atoms with van der Waals surface area (Å²) in [5.74, 6) is -0.938. The van der Waals surface area contributed by atoms with Crippen LogP contribution in [0.25, 0.3) is 0 Å². The fraction of sp³-hybridized carbons (Fsp3) is 0.211. The van der Waals surface area contributed by atoms with Crippen LogP contribution >= 0.6 is 0 Å². The molecule has 1 aromatic carbocycles. The van der Waals surface area contributed by atoms with Crippen molar-refractivity contribution in [2.45, 2.75) is 19.5 Å². The van der Waals surface area contributed by atoms with Crippen LogP contribution in [0.1, 0.15) is 11.1 Å². The molecule has 0 aromatic heterocycles. The molecule has 2 amide bonds. The molecule has 1 heterocycles. The van der Waals surface area contributed by atoms with E-state index in [0.717, 1.165) is 11.1 Å². The Morgan fingerprint density at radius 2 is 2.12 bits per heavy atom. The Morgan fingerprint density at radius 3 is 2.84 bits per heavy atom. The number of aryl methyl sites for hydroxylation is 1. The number of hydroxylamine groups is 1. The number of amides is 2. The maximum Gasteiger partial charge on any atom is 0.267 e. The van der Waals surface area contributed by atoms with Gasteiger partial charge in [-0.3, -0.25) is 24.7 Å². The number of hydrogen-bond acceptors (Lipinski definition) is 4. The van der Waals surface area contributed by atoms with Crippen LogP contribution in [0, 0.1) is 12.8 Å². The fourth-order valence-electron chi connectivity index (χ4n) is 2.78. The topological polar surface area (TPSA) is 82.0 Å². The van der Waals surface area contributed by atoms with Gasteiger partial charge in [-0.15, -0.1) is 0 Å². The summed E-state index contributed by atoms with van der Waals surface area (Å²) >= 11 is 0. The summed E-state index contributed by atoms with van der Waals surface area (Å²) in [4.78, 5) is 29.8. The van der Waals surface area contributed by atoms with E-state index in [1.54, 1.807) is 23.4 Å². The number of fused-ring (bicyclic) bond motifs is 1. The maximum atomic E-state index is 12.7. The van der Waals surface area contributed by atoms with Crippen molar-refractivity contribution < 1.29 is 14.8 Å². The normalized spacial score (nSPS) is 22.1. The molecule has 0 saturated heterocycles. The van der Waals surface area contributed by atoms with E-state index in [9.17, 15) is 9.59 Å². The van der Waals surface area contributed by atoms with Crippen LogP contribution in [0.15, 0.2) is 65.2 Å². The number of carbonyl (C=O) groups is 2. The van der Waals surface area contributed by atoms with E-state index >= 15 is 0 Å². The first-order valence-corrected chi connectivity index (χ1v) is 7.98. The van der Waals surface area contributed by atoms with Gasteiger partial charge in [0.1, 0.15) is 0 Å². The second kappa shape index (κ2) is 7.27. The molecule has 1 aliphatic carbocycles. The average molecular weight is 337 g/mol. The van der Waals surface area contributed by atoms with Crippen molar-refractivity contribution in [3.63, 3.8) is 0 Å². The summed E-state index contributed by atoms with van der Waals surface area (Å²) in [6.45, 7) is 2.52. The quantitative estimate of drug-likeness (QED) is 0.500. The number of allylic oxidation sites excluding steroid dienone is 3. The van der Waals surface area contributed by atoms with Crippen molar-refractivity contribution in [2.24, 2.45) is 10.9 Å².